The van der Waals surface area contributed by atoms with Crippen LogP contribution in [-0.2, 0) is 9.53 Å². The molecule has 21 heavy (non-hydrogen) atoms. The molecule has 1 heterocycles. The monoisotopic (exact) mass is 290 g/mol. The van der Waals surface area contributed by atoms with E-state index in [0.29, 0.717) is 12.6 Å². The standard InChI is InChI=1S/C17H26N2O2/c1-3-21-17(20)16(14-9-5-4-6-10-14)18-13-15-11-7-8-12-19(15)2/h4-6,9-10,15-16,18H,3,7-8,11-13H2,1-2H3. The SMILES string of the molecule is CCOC(=O)C(NCC1CCCCN1C)c1ccccc1. The van der Waals surface area contributed by atoms with Gasteiger partial charge in [-0.2, -0.15) is 0 Å². The van der Waals surface area contributed by atoms with Gasteiger partial charge in [-0.3, -0.25) is 5.32 Å². The first-order valence-electron chi connectivity index (χ1n) is 7.87. The summed E-state index contributed by atoms with van der Waals surface area (Å²) in [7, 11) is 2.16. The maximum atomic E-state index is 12.2. The molecule has 2 rings (SSSR count). The Morgan fingerprint density at radius 1 is 1.38 bits per heavy atom. The van der Waals surface area contributed by atoms with Gasteiger partial charge in [-0.1, -0.05) is 36.8 Å². The van der Waals surface area contributed by atoms with Crippen molar-refractivity contribution in [2.24, 2.45) is 0 Å². The van der Waals surface area contributed by atoms with Gasteiger partial charge in [0.25, 0.3) is 0 Å². The van der Waals surface area contributed by atoms with Crippen LogP contribution in [0.15, 0.2) is 30.3 Å². The van der Waals surface area contributed by atoms with E-state index in [2.05, 4.69) is 17.3 Å². The number of nitrogens with one attached hydrogen (secondary N) is 1. The number of nitrogens with zero attached hydrogens (tertiary/aromatic N) is 1. The third kappa shape index (κ3) is 4.55. The molecule has 1 aliphatic rings. The van der Waals surface area contributed by atoms with Gasteiger partial charge in [0.05, 0.1) is 6.61 Å². The van der Waals surface area contributed by atoms with Crippen LogP contribution in [0.4, 0.5) is 0 Å². The van der Waals surface area contributed by atoms with Crippen LogP contribution in [0.2, 0.25) is 0 Å². The van der Waals surface area contributed by atoms with Gasteiger partial charge in [0.15, 0.2) is 0 Å². The molecule has 0 aliphatic carbocycles. The predicted molar refractivity (Wildman–Crippen MR) is 84.1 cm³/mol. The minimum Gasteiger partial charge on any atom is -0.465 e. The molecule has 1 aromatic carbocycles. The molecule has 1 N–H and O–H groups in total. The molecular weight excluding hydrogens is 264 g/mol. The van der Waals surface area contributed by atoms with E-state index in [9.17, 15) is 4.79 Å². The van der Waals surface area contributed by atoms with E-state index in [4.69, 9.17) is 4.74 Å². The molecule has 2 unspecified atom stereocenters. The maximum absolute atomic E-state index is 12.2. The van der Waals surface area contributed by atoms with Crippen LogP contribution >= 0.6 is 0 Å². The lowest BCUT2D eigenvalue weighted by Gasteiger charge is -2.33. The molecule has 2 atom stereocenters. The summed E-state index contributed by atoms with van der Waals surface area (Å²) in [6.45, 7) is 4.21. The molecule has 0 amide bonds. The van der Waals surface area contributed by atoms with Crippen molar-refractivity contribution in [1.82, 2.24) is 10.2 Å². The topological polar surface area (TPSA) is 41.6 Å². The molecule has 1 fully saturated rings. The van der Waals surface area contributed by atoms with E-state index in [1.165, 1.54) is 19.3 Å². The fraction of sp³-hybridized carbons (Fsp3) is 0.588. The summed E-state index contributed by atoms with van der Waals surface area (Å²) in [5.41, 5.74) is 0.967. The second kappa shape index (κ2) is 8.15. The van der Waals surface area contributed by atoms with Crippen LogP contribution < -0.4 is 5.32 Å². The van der Waals surface area contributed by atoms with Gasteiger partial charge in [0.1, 0.15) is 6.04 Å². The Balaban J connectivity index is 2.00. The molecule has 4 heteroatoms. The minimum absolute atomic E-state index is 0.192. The van der Waals surface area contributed by atoms with Crippen LogP contribution in [0.25, 0.3) is 0 Å². The Morgan fingerprint density at radius 3 is 2.81 bits per heavy atom. The highest BCUT2D eigenvalue weighted by Gasteiger charge is 2.25. The Bertz CT molecular complexity index is 436. The van der Waals surface area contributed by atoms with Crippen LogP contribution in [-0.4, -0.2) is 43.7 Å². The molecule has 0 bridgehead atoms. The number of hydrogen-bond donors (Lipinski definition) is 1. The second-order valence-corrected chi connectivity index (χ2v) is 5.63. The van der Waals surface area contributed by atoms with E-state index in [0.717, 1.165) is 18.7 Å². The summed E-state index contributed by atoms with van der Waals surface area (Å²) in [6, 6.07) is 9.94. The van der Waals surface area contributed by atoms with Crippen LogP contribution in [0, 0.1) is 0 Å². The number of piperidine rings is 1. The van der Waals surface area contributed by atoms with E-state index in [-0.39, 0.29) is 12.0 Å². The lowest BCUT2D eigenvalue weighted by molar-refractivity contribution is -0.146. The Labute approximate surface area is 127 Å². The van der Waals surface area contributed by atoms with Gasteiger partial charge in [-0.15, -0.1) is 0 Å². The number of ether oxygens (including phenoxy) is 1. The van der Waals surface area contributed by atoms with Gasteiger partial charge >= 0.3 is 5.97 Å². The molecule has 1 aromatic rings. The summed E-state index contributed by atoms with van der Waals surface area (Å²) in [4.78, 5) is 14.6. The smallest absolute Gasteiger partial charge is 0.327 e. The fourth-order valence-electron chi connectivity index (χ4n) is 2.86. The first kappa shape index (κ1) is 16.0. The molecular formula is C17H26N2O2. The first-order valence-corrected chi connectivity index (χ1v) is 7.87. The number of likely N-dealkylation sites (tertiary alicyclic amines) is 1. The second-order valence-electron chi connectivity index (χ2n) is 5.63. The average molecular weight is 290 g/mol. The third-order valence-electron chi connectivity index (χ3n) is 4.13. The van der Waals surface area contributed by atoms with Gasteiger partial charge in [-0.25, -0.2) is 4.79 Å². The summed E-state index contributed by atoms with van der Waals surface area (Å²) >= 11 is 0. The highest BCUT2D eigenvalue weighted by atomic mass is 16.5. The van der Waals surface area contributed by atoms with Gasteiger partial charge in [0, 0.05) is 12.6 Å². The molecule has 0 spiro atoms. The van der Waals surface area contributed by atoms with Crippen LogP contribution in [0.1, 0.15) is 37.8 Å². The number of benzene rings is 1. The quantitative estimate of drug-likeness (QED) is 0.817. The molecule has 0 radical (unpaired) electrons. The summed E-state index contributed by atoms with van der Waals surface area (Å²) < 4.78 is 5.21. The summed E-state index contributed by atoms with van der Waals surface area (Å²) in [6.07, 6.45) is 3.73. The Kier molecular flexibility index (Phi) is 6.21. The number of rotatable bonds is 6. The number of hydrogen-bond acceptors (Lipinski definition) is 4. The largest absolute Gasteiger partial charge is 0.465 e. The first-order chi connectivity index (χ1) is 10.2. The lowest BCUT2D eigenvalue weighted by Crippen LogP contribution is -2.45. The molecule has 0 aromatic heterocycles. The van der Waals surface area contributed by atoms with Crippen molar-refractivity contribution < 1.29 is 9.53 Å². The van der Waals surface area contributed by atoms with E-state index < -0.39 is 0 Å². The Morgan fingerprint density at radius 2 is 2.14 bits per heavy atom. The van der Waals surface area contributed by atoms with Crippen molar-refractivity contribution in [2.75, 3.05) is 26.7 Å². The van der Waals surface area contributed by atoms with Crippen molar-refractivity contribution in [2.45, 2.75) is 38.3 Å². The average Bonchev–Trinajstić information content (AvgIpc) is 2.50. The lowest BCUT2D eigenvalue weighted by atomic mass is 10.0. The molecule has 1 aliphatic heterocycles. The zero-order chi connectivity index (χ0) is 15.1. The number of carbonyl (C=O) groups is 1. The fourth-order valence-corrected chi connectivity index (χ4v) is 2.86. The van der Waals surface area contributed by atoms with Crippen molar-refractivity contribution >= 4 is 5.97 Å². The highest BCUT2D eigenvalue weighted by Crippen LogP contribution is 2.18. The molecule has 4 nitrogen and oxygen atoms in total. The van der Waals surface area contributed by atoms with Gasteiger partial charge < -0.3 is 9.64 Å². The van der Waals surface area contributed by atoms with Crippen molar-refractivity contribution in [3.8, 4) is 0 Å². The zero-order valence-electron chi connectivity index (χ0n) is 13.0. The Hall–Kier alpha value is -1.39. The van der Waals surface area contributed by atoms with Crippen LogP contribution in [0.3, 0.4) is 0 Å². The number of esters is 1. The van der Waals surface area contributed by atoms with Crippen LogP contribution in [0.5, 0.6) is 0 Å². The zero-order valence-corrected chi connectivity index (χ0v) is 13.0. The molecule has 116 valence electrons. The number of likely N-dealkylation sites (N-methyl/N-ethyl adjacent to an activating group) is 1. The maximum Gasteiger partial charge on any atom is 0.327 e. The summed E-state index contributed by atoms with van der Waals surface area (Å²) in [5, 5.41) is 3.40. The van der Waals surface area contributed by atoms with Gasteiger partial charge in [0.2, 0.25) is 0 Å². The van der Waals surface area contributed by atoms with E-state index >= 15 is 0 Å². The van der Waals surface area contributed by atoms with Crippen molar-refractivity contribution in [3.05, 3.63) is 35.9 Å². The predicted octanol–water partition coefficient (Wildman–Crippen LogP) is 2.36. The molecule has 0 saturated carbocycles. The third-order valence-corrected chi connectivity index (χ3v) is 4.13. The molecule has 1 saturated heterocycles. The number of carbonyl (C=O) groups excluding carboxylic acids is 1. The van der Waals surface area contributed by atoms with Crippen molar-refractivity contribution in [3.63, 3.8) is 0 Å². The van der Waals surface area contributed by atoms with E-state index in [1.54, 1.807) is 0 Å². The summed E-state index contributed by atoms with van der Waals surface area (Å²) in [5.74, 6) is -0.192. The van der Waals surface area contributed by atoms with Gasteiger partial charge in [-0.05, 0) is 38.9 Å². The minimum atomic E-state index is -0.374. The normalized spacial score (nSPS) is 21.0. The highest BCUT2D eigenvalue weighted by molar-refractivity contribution is 5.77. The van der Waals surface area contributed by atoms with E-state index in [1.807, 2.05) is 37.3 Å². The van der Waals surface area contributed by atoms with Crippen molar-refractivity contribution in [1.29, 1.82) is 0 Å².